The molecule has 18 heteroatoms. The van der Waals surface area contributed by atoms with Crippen LogP contribution in [-0.2, 0) is 41.6 Å². The lowest BCUT2D eigenvalue weighted by atomic mass is 9.97. The zero-order valence-corrected chi connectivity index (χ0v) is 26.4. The molecule has 2 saturated heterocycles. The van der Waals surface area contributed by atoms with Crippen LogP contribution in [0.2, 0.25) is 0 Å². The van der Waals surface area contributed by atoms with Crippen LogP contribution >= 0.6 is 0 Å². The zero-order valence-electron chi connectivity index (χ0n) is 26.4. The van der Waals surface area contributed by atoms with Crippen LogP contribution in [0.4, 0.5) is 11.4 Å². The van der Waals surface area contributed by atoms with E-state index in [1.165, 1.54) is 40.7 Å². The van der Waals surface area contributed by atoms with Gasteiger partial charge in [0.25, 0.3) is 11.4 Å². The predicted octanol–water partition coefficient (Wildman–Crippen LogP) is 3.62. The third kappa shape index (κ3) is 7.10. The van der Waals surface area contributed by atoms with Gasteiger partial charge in [0.1, 0.15) is 35.8 Å². The molecule has 0 bridgehead atoms. The number of non-ortho nitro benzene ring substituents is 2. The molecule has 3 unspecified atom stereocenters. The number of fused-ring (bicyclic) bond motifs is 1. The summed E-state index contributed by atoms with van der Waals surface area (Å²) in [5.41, 5.74) is 2.45. The van der Waals surface area contributed by atoms with Crippen LogP contribution in [-0.4, -0.2) is 84.3 Å². The first-order chi connectivity index (χ1) is 24.4. The largest absolute Gasteiger partial charge is 0.366 e. The van der Waals surface area contributed by atoms with Crippen LogP contribution in [0.15, 0.2) is 91.3 Å². The van der Waals surface area contributed by atoms with Gasteiger partial charge in [-0.15, -0.1) is 10.2 Å². The van der Waals surface area contributed by atoms with Gasteiger partial charge in [0.2, 0.25) is 0 Å². The molecule has 50 heavy (non-hydrogen) atoms. The Labute approximate surface area is 283 Å². The highest BCUT2D eigenvalue weighted by molar-refractivity contribution is 5.43. The molecule has 5 aromatic rings. The van der Waals surface area contributed by atoms with Gasteiger partial charge in [-0.3, -0.25) is 20.2 Å². The lowest BCUT2D eigenvalue weighted by Crippen LogP contribution is -2.63. The van der Waals surface area contributed by atoms with E-state index in [-0.39, 0.29) is 31.2 Å². The molecule has 0 amide bonds. The fourth-order valence-electron chi connectivity index (χ4n) is 5.72. The first kappa shape index (κ1) is 33.0. The second-order valence-electron chi connectivity index (χ2n) is 11.4. The Balaban J connectivity index is 1.12. The summed E-state index contributed by atoms with van der Waals surface area (Å²) in [4.78, 5) is 21.6. The van der Waals surface area contributed by atoms with E-state index < -0.39 is 46.8 Å². The van der Waals surface area contributed by atoms with Crippen molar-refractivity contribution in [2.45, 2.75) is 50.2 Å². The molecule has 3 aromatic carbocycles. The molecule has 18 nitrogen and oxygen atoms in total. The summed E-state index contributed by atoms with van der Waals surface area (Å²) in [6.45, 7) is 0.126. The molecular formula is C32H30N8O10. The smallest absolute Gasteiger partial charge is 0.271 e. The van der Waals surface area contributed by atoms with Crippen molar-refractivity contribution in [2.75, 3.05) is 13.7 Å². The molecule has 2 fully saturated rings. The summed E-state index contributed by atoms with van der Waals surface area (Å²) < 4.78 is 40.1. The fourth-order valence-corrected chi connectivity index (χ4v) is 5.72. The summed E-state index contributed by atoms with van der Waals surface area (Å²) in [5, 5.41) is 39.2. The molecule has 0 N–H and O–H groups in total. The number of aromatic nitrogens is 6. The quantitative estimate of drug-likeness (QED) is 0.136. The molecule has 0 spiro atoms. The Morgan fingerprint density at radius 1 is 0.780 bits per heavy atom. The van der Waals surface area contributed by atoms with Crippen LogP contribution in [0.25, 0.3) is 11.4 Å². The molecule has 0 radical (unpaired) electrons. The Morgan fingerprint density at radius 3 is 1.92 bits per heavy atom. The summed E-state index contributed by atoms with van der Waals surface area (Å²) in [6.07, 6.45) is -1.23. The highest BCUT2D eigenvalue weighted by Gasteiger charge is 2.51. The number of nitrogens with zero attached hydrogens (tertiary/aromatic N) is 8. The van der Waals surface area contributed by atoms with Crippen molar-refractivity contribution in [3.63, 3.8) is 0 Å². The second kappa shape index (κ2) is 14.5. The molecule has 2 aliphatic heterocycles. The monoisotopic (exact) mass is 686 g/mol. The van der Waals surface area contributed by atoms with Gasteiger partial charge in [-0.1, -0.05) is 52.9 Å². The van der Waals surface area contributed by atoms with E-state index >= 15 is 0 Å². The summed E-state index contributed by atoms with van der Waals surface area (Å²) in [7, 11) is 1.49. The Morgan fingerprint density at radius 2 is 1.36 bits per heavy atom. The topological polar surface area (TPSA) is 203 Å². The van der Waals surface area contributed by atoms with Gasteiger partial charge >= 0.3 is 0 Å². The SMILES string of the molecule is CO[C@@H]1OC2COC(c3ccccc3)O[C@@H]2[C@H](OCc2cn(-c3cccc([N+](=O)[O-])c3)nn2)C1OCc1cn(-c2cccc([N+](=O)[O-])c2)nn1. The van der Waals surface area contributed by atoms with Crippen LogP contribution in [0, 0.1) is 20.2 Å². The predicted molar refractivity (Wildman–Crippen MR) is 169 cm³/mol. The fraction of sp³-hybridized carbons (Fsp3) is 0.312. The molecule has 7 rings (SSSR count). The number of hydrogen-bond donors (Lipinski definition) is 0. The van der Waals surface area contributed by atoms with Crippen molar-refractivity contribution in [1.29, 1.82) is 0 Å². The van der Waals surface area contributed by atoms with Gasteiger partial charge in [0.05, 0.1) is 53.4 Å². The number of ether oxygens (including phenoxy) is 6. The third-order valence-electron chi connectivity index (χ3n) is 8.13. The Kier molecular flexibility index (Phi) is 9.60. The maximum atomic E-state index is 11.3. The Hall–Kier alpha value is -5.50. The molecule has 6 atom stereocenters. The first-order valence-corrected chi connectivity index (χ1v) is 15.4. The van der Waals surface area contributed by atoms with E-state index in [0.717, 1.165) is 5.56 Å². The van der Waals surface area contributed by atoms with E-state index in [9.17, 15) is 20.2 Å². The second-order valence-corrected chi connectivity index (χ2v) is 11.4. The van der Waals surface area contributed by atoms with Crippen molar-refractivity contribution in [1.82, 2.24) is 30.0 Å². The van der Waals surface area contributed by atoms with Crippen molar-refractivity contribution in [3.05, 3.63) is 128 Å². The van der Waals surface area contributed by atoms with Crippen molar-refractivity contribution in [2.24, 2.45) is 0 Å². The highest BCUT2D eigenvalue weighted by Crippen LogP contribution is 2.37. The van der Waals surface area contributed by atoms with Gasteiger partial charge in [0.15, 0.2) is 12.6 Å². The van der Waals surface area contributed by atoms with Gasteiger partial charge < -0.3 is 28.4 Å². The average molecular weight is 687 g/mol. The van der Waals surface area contributed by atoms with Crippen LogP contribution in [0.5, 0.6) is 0 Å². The van der Waals surface area contributed by atoms with E-state index in [0.29, 0.717) is 22.8 Å². The highest BCUT2D eigenvalue weighted by atomic mass is 16.8. The molecular weight excluding hydrogens is 656 g/mol. The van der Waals surface area contributed by atoms with E-state index in [1.54, 1.807) is 36.7 Å². The minimum atomic E-state index is -0.894. The average Bonchev–Trinajstić information content (AvgIpc) is 3.83. The van der Waals surface area contributed by atoms with Crippen LogP contribution in [0.3, 0.4) is 0 Å². The lowest BCUT2D eigenvalue weighted by molar-refractivity contribution is -0.385. The molecule has 0 aliphatic carbocycles. The van der Waals surface area contributed by atoms with E-state index in [4.69, 9.17) is 28.4 Å². The number of hydrogen-bond acceptors (Lipinski definition) is 14. The van der Waals surface area contributed by atoms with Crippen molar-refractivity contribution >= 4 is 11.4 Å². The van der Waals surface area contributed by atoms with Gasteiger partial charge in [-0.25, -0.2) is 9.36 Å². The standard InChI is InChI=1S/C32H30N8O10/c1-45-32-30(47-18-22-16-38(36-34-22)24-10-6-12-26(14-24)40(43)44)29(28-27(49-32)19-48-31(50-28)20-7-3-2-4-8-20)46-17-21-15-37(35-33-21)23-9-5-11-25(13-23)39(41)42/h2-16,27-32H,17-19H2,1H3/t27?,28-,29-,30?,31?,32+/m0/s1. The maximum Gasteiger partial charge on any atom is 0.271 e. The molecule has 2 aromatic heterocycles. The number of benzene rings is 3. The minimum Gasteiger partial charge on any atom is -0.366 e. The van der Waals surface area contributed by atoms with Crippen LogP contribution in [0.1, 0.15) is 23.2 Å². The molecule has 4 heterocycles. The number of rotatable bonds is 12. The third-order valence-corrected chi connectivity index (χ3v) is 8.13. The number of methoxy groups -OCH3 is 1. The normalized spacial score (nSPS) is 23.3. The zero-order chi connectivity index (χ0) is 34.6. The lowest BCUT2D eigenvalue weighted by Gasteiger charge is -2.48. The summed E-state index contributed by atoms with van der Waals surface area (Å²) in [6, 6.07) is 21.5. The first-order valence-electron chi connectivity index (χ1n) is 15.4. The molecule has 2 aliphatic rings. The van der Waals surface area contributed by atoms with Crippen LogP contribution < -0.4 is 0 Å². The van der Waals surface area contributed by atoms with E-state index in [2.05, 4.69) is 20.6 Å². The van der Waals surface area contributed by atoms with Gasteiger partial charge in [0, 0.05) is 36.9 Å². The van der Waals surface area contributed by atoms with Gasteiger partial charge in [-0.05, 0) is 12.1 Å². The molecule has 258 valence electrons. The summed E-state index contributed by atoms with van der Waals surface area (Å²) >= 11 is 0. The summed E-state index contributed by atoms with van der Waals surface area (Å²) in [5.74, 6) is 0. The minimum absolute atomic E-state index is 0.0255. The Bertz CT molecular complexity index is 1960. The number of nitro benzene ring substituents is 2. The molecule has 0 saturated carbocycles. The van der Waals surface area contributed by atoms with Gasteiger partial charge in [-0.2, -0.15) is 0 Å². The number of nitro groups is 2. The van der Waals surface area contributed by atoms with E-state index in [1.807, 2.05) is 30.3 Å². The van der Waals surface area contributed by atoms with Crippen molar-refractivity contribution in [3.8, 4) is 11.4 Å². The maximum absolute atomic E-state index is 11.3. The van der Waals surface area contributed by atoms with Crippen molar-refractivity contribution < 1.29 is 38.3 Å².